The largest absolute Gasteiger partial charge is 0.444 e. The lowest BCUT2D eigenvalue weighted by Crippen LogP contribution is -2.46. The Bertz CT molecular complexity index is 701. The van der Waals surface area contributed by atoms with Crippen LogP contribution in [0.2, 0.25) is 5.28 Å². The average molecular weight is 400 g/mol. The number of carbonyl (C=O) groups excluding carboxylic acids is 2. The molecule has 0 radical (unpaired) electrons. The maximum atomic E-state index is 12.8. The average Bonchev–Trinajstić information content (AvgIpc) is 2.93. The van der Waals surface area contributed by atoms with Crippen LogP contribution in [0.5, 0.6) is 0 Å². The molecule has 1 atom stereocenters. The zero-order valence-electron chi connectivity index (χ0n) is 16.5. The molecule has 0 aromatic carbocycles. The van der Waals surface area contributed by atoms with E-state index in [1.807, 2.05) is 0 Å². The Hall–Kier alpha value is -2.16. The van der Waals surface area contributed by atoms with Gasteiger partial charge in [0.05, 0.1) is 6.04 Å². The van der Waals surface area contributed by atoms with Crippen LogP contribution >= 0.6 is 11.6 Å². The molecule has 1 fully saturated rings. The highest BCUT2D eigenvalue weighted by atomic mass is 35.5. The van der Waals surface area contributed by atoms with E-state index in [0.717, 1.165) is 0 Å². The van der Waals surface area contributed by atoms with Crippen LogP contribution in [0.1, 0.15) is 48.0 Å². The lowest BCUT2D eigenvalue weighted by Gasteiger charge is -2.30. The topological polar surface area (TPSA) is 97.8 Å². The van der Waals surface area contributed by atoms with Crippen molar-refractivity contribution in [2.24, 2.45) is 0 Å². The third-order valence-corrected chi connectivity index (χ3v) is 3.70. The summed E-state index contributed by atoms with van der Waals surface area (Å²) in [6.07, 6.45) is 0.716. The Labute approximate surface area is 164 Å². The second-order valence-electron chi connectivity index (χ2n) is 8.27. The number of hydrogen-bond donors (Lipinski definition) is 0. The molecule has 0 bridgehead atoms. The summed E-state index contributed by atoms with van der Waals surface area (Å²) in [6.45, 7) is 11.4. The second kappa shape index (κ2) is 7.84. The molecular formula is C17H26ClN5O4. The van der Waals surface area contributed by atoms with Crippen molar-refractivity contribution in [3.63, 3.8) is 0 Å². The number of amides is 2. The van der Waals surface area contributed by atoms with Gasteiger partial charge in [0, 0.05) is 13.1 Å². The molecule has 10 heteroatoms. The number of carbonyl (C=O) groups is 2. The third kappa shape index (κ3) is 6.20. The summed E-state index contributed by atoms with van der Waals surface area (Å²) in [7, 11) is 0. The van der Waals surface area contributed by atoms with Gasteiger partial charge in [0.25, 0.3) is 0 Å². The Morgan fingerprint density at radius 2 is 1.78 bits per heavy atom. The first kappa shape index (κ1) is 21.1. The fourth-order valence-electron chi connectivity index (χ4n) is 2.53. The molecule has 1 aliphatic rings. The Kier molecular flexibility index (Phi) is 6.14. The molecule has 1 saturated heterocycles. The van der Waals surface area contributed by atoms with Gasteiger partial charge in [-0.15, -0.1) is 0 Å². The van der Waals surface area contributed by atoms with Gasteiger partial charge in [-0.05, 0) is 59.6 Å². The maximum absolute atomic E-state index is 12.8. The monoisotopic (exact) mass is 399 g/mol. The SMILES string of the molecule is CC(C)(C)OC(=O)N1CCC(N(C(=O)OC(C)(C)C)c2ncnc(Cl)n2)C1. The number of hydrogen-bond acceptors (Lipinski definition) is 7. The van der Waals surface area contributed by atoms with Gasteiger partial charge in [-0.2, -0.15) is 4.98 Å². The number of likely N-dealkylation sites (tertiary alicyclic amines) is 1. The van der Waals surface area contributed by atoms with Gasteiger partial charge in [0.2, 0.25) is 11.2 Å². The van der Waals surface area contributed by atoms with Crippen molar-refractivity contribution < 1.29 is 19.1 Å². The van der Waals surface area contributed by atoms with E-state index in [9.17, 15) is 9.59 Å². The molecule has 0 aliphatic carbocycles. The molecule has 1 unspecified atom stereocenters. The van der Waals surface area contributed by atoms with Crippen molar-refractivity contribution in [3.05, 3.63) is 11.6 Å². The van der Waals surface area contributed by atoms with Gasteiger partial charge in [0.1, 0.15) is 17.5 Å². The minimum absolute atomic E-state index is 0.0319. The predicted octanol–water partition coefficient (Wildman–Crippen LogP) is 3.28. The van der Waals surface area contributed by atoms with Crippen LogP contribution in [0.3, 0.4) is 0 Å². The predicted molar refractivity (Wildman–Crippen MR) is 99.8 cm³/mol. The number of ether oxygens (including phenoxy) is 2. The van der Waals surface area contributed by atoms with Crippen LogP contribution in [0.15, 0.2) is 6.33 Å². The van der Waals surface area contributed by atoms with Gasteiger partial charge >= 0.3 is 12.2 Å². The number of aromatic nitrogens is 3. The summed E-state index contributed by atoms with van der Waals surface area (Å²) in [6, 6.07) is -0.370. The highest BCUT2D eigenvalue weighted by Crippen LogP contribution is 2.24. The lowest BCUT2D eigenvalue weighted by atomic mass is 10.2. The normalized spacial score (nSPS) is 17.6. The van der Waals surface area contributed by atoms with E-state index >= 15 is 0 Å². The molecule has 1 aliphatic heterocycles. The number of halogens is 1. The van der Waals surface area contributed by atoms with Crippen LogP contribution in [0.4, 0.5) is 15.5 Å². The van der Waals surface area contributed by atoms with Gasteiger partial charge in [0.15, 0.2) is 0 Å². The molecule has 27 heavy (non-hydrogen) atoms. The molecular weight excluding hydrogens is 374 g/mol. The molecule has 2 amide bonds. The fraction of sp³-hybridized carbons (Fsp3) is 0.706. The van der Waals surface area contributed by atoms with Gasteiger partial charge in [-0.1, -0.05) is 0 Å². The quantitative estimate of drug-likeness (QED) is 0.752. The minimum atomic E-state index is -0.699. The number of nitrogens with zero attached hydrogens (tertiary/aromatic N) is 5. The van der Waals surface area contributed by atoms with E-state index in [4.69, 9.17) is 21.1 Å². The van der Waals surface area contributed by atoms with Crippen molar-refractivity contribution in [1.82, 2.24) is 19.9 Å². The second-order valence-corrected chi connectivity index (χ2v) is 8.61. The summed E-state index contributed by atoms with van der Waals surface area (Å²) in [4.78, 5) is 39.8. The zero-order valence-corrected chi connectivity index (χ0v) is 17.3. The molecule has 0 N–H and O–H groups in total. The van der Waals surface area contributed by atoms with E-state index in [0.29, 0.717) is 13.0 Å². The molecule has 0 spiro atoms. The van der Waals surface area contributed by atoms with Crippen LogP contribution in [-0.4, -0.2) is 62.4 Å². The standard InChI is InChI=1S/C17H26ClN5O4/c1-16(2,3)26-14(24)22-8-7-11(9-22)23(15(25)27-17(4,5)6)13-20-10-19-12(18)21-13/h10-11H,7-9H2,1-6H3. The first-order valence-corrected chi connectivity index (χ1v) is 9.08. The van der Waals surface area contributed by atoms with Crippen LogP contribution in [-0.2, 0) is 9.47 Å². The summed E-state index contributed by atoms with van der Waals surface area (Å²) >= 11 is 5.86. The van der Waals surface area contributed by atoms with Gasteiger partial charge < -0.3 is 14.4 Å². The van der Waals surface area contributed by atoms with E-state index in [1.54, 1.807) is 46.4 Å². The summed E-state index contributed by atoms with van der Waals surface area (Å²) in [5.41, 5.74) is -1.29. The van der Waals surface area contributed by atoms with E-state index in [-0.39, 0.29) is 23.8 Å². The zero-order chi connectivity index (χ0) is 20.4. The molecule has 2 heterocycles. The molecule has 2 rings (SSSR count). The Morgan fingerprint density at radius 1 is 1.15 bits per heavy atom. The van der Waals surface area contributed by atoms with Crippen LogP contribution < -0.4 is 4.90 Å². The van der Waals surface area contributed by atoms with E-state index in [2.05, 4.69) is 15.0 Å². The van der Waals surface area contributed by atoms with Crippen molar-refractivity contribution >= 4 is 29.7 Å². The van der Waals surface area contributed by atoms with Crippen molar-refractivity contribution in [2.45, 2.75) is 65.2 Å². The van der Waals surface area contributed by atoms with Gasteiger partial charge in [-0.3, -0.25) is 0 Å². The Morgan fingerprint density at radius 3 is 2.33 bits per heavy atom. The molecule has 1 aromatic heterocycles. The van der Waals surface area contributed by atoms with Crippen molar-refractivity contribution in [2.75, 3.05) is 18.0 Å². The third-order valence-electron chi connectivity index (χ3n) is 3.52. The number of rotatable bonds is 2. The number of anilines is 1. The first-order valence-electron chi connectivity index (χ1n) is 8.70. The first-order chi connectivity index (χ1) is 12.4. The lowest BCUT2D eigenvalue weighted by molar-refractivity contribution is 0.0287. The summed E-state index contributed by atoms with van der Waals surface area (Å²) in [5.74, 6) is 0.0836. The molecule has 1 aromatic rings. The van der Waals surface area contributed by atoms with Crippen molar-refractivity contribution in [1.29, 1.82) is 0 Å². The molecule has 9 nitrogen and oxygen atoms in total. The smallest absolute Gasteiger partial charge is 0.417 e. The fourth-order valence-corrected chi connectivity index (χ4v) is 2.65. The van der Waals surface area contributed by atoms with E-state index < -0.39 is 23.4 Å². The molecule has 0 saturated carbocycles. The molecule has 150 valence electrons. The highest BCUT2D eigenvalue weighted by Gasteiger charge is 2.38. The highest BCUT2D eigenvalue weighted by molar-refractivity contribution is 6.28. The maximum Gasteiger partial charge on any atom is 0.417 e. The summed E-state index contributed by atoms with van der Waals surface area (Å²) < 4.78 is 10.9. The minimum Gasteiger partial charge on any atom is -0.444 e. The van der Waals surface area contributed by atoms with Crippen LogP contribution in [0.25, 0.3) is 0 Å². The van der Waals surface area contributed by atoms with E-state index in [1.165, 1.54) is 11.2 Å². The van der Waals surface area contributed by atoms with Gasteiger partial charge in [-0.25, -0.2) is 24.5 Å². The van der Waals surface area contributed by atoms with Crippen molar-refractivity contribution in [3.8, 4) is 0 Å². The Balaban J connectivity index is 2.22. The summed E-state index contributed by atoms with van der Waals surface area (Å²) in [5, 5.41) is -0.0319. The van der Waals surface area contributed by atoms with Crippen LogP contribution in [0, 0.1) is 0 Å².